The Morgan fingerprint density at radius 3 is 1.47 bits per heavy atom. The van der Waals surface area contributed by atoms with Gasteiger partial charge in [0.2, 0.25) is 5.28 Å². The molecule has 0 saturated carbocycles. The summed E-state index contributed by atoms with van der Waals surface area (Å²) in [7, 11) is 10.6. The molecule has 0 unspecified atom stereocenters. The number of nitrogen functional groups attached to an aromatic ring is 1. The molecule has 9 heterocycles. The molecule has 7 aliphatic heterocycles. The highest BCUT2D eigenvalue weighted by molar-refractivity contribution is 6.28. The van der Waals surface area contributed by atoms with E-state index in [4.69, 9.17) is 99.3 Å². The second kappa shape index (κ2) is 36.6. The maximum atomic E-state index is 13.1. The highest BCUT2D eigenvalue weighted by Crippen LogP contribution is 2.33. The number of aromatic nitrogens is 4. The van der Waals surface area contributed by atoms with Gasteiger partial charge in [0.05, 0.1) is 94.3 Å². The van der Waals surface area contributed by atoms with Crippen LogP contribution in [0.2, 0.25) is 5.28 Å². The molecule has 2 aromatic heterocycles. The molecule has 26 nitrogen and oxygen atoms in total. The highest BCUT2D eigenvalue weighted by atomic mass is 35.5. The largest absolute Gasteiger partial charge is 0.394 e. The van der Waals surface area contributed by atoms with Crippen LogP contribution in [0.25, 0.3) is 11.2 Å². The predicted molar refractivity (Wildman–Crippen MR) is 283 cm³/mol. The number of aliphatic hydroxyl groups excluding tert-OH is 7. The molecule has 7 fully saturated rings. The van der Waals surface area contributed by atoms with Crippen LogP contribution in [0.15, 0.2) is 6.33 Å². The number of fused-ring (bicyclic) bond motifs is 1. The van der Waals surface area contributed by atoms with Crippen molar-refractivity contribution < 1.29 is 115 Å². The number of nitrogens with two attached hydrogens (primary N) is 1. The lowest BCUT2D eigenvalue weighted by Gasteiger charge is -2.14. The van der Waals surface area contributed by atoms with Gasteiger partial charge in [-0.2, -0.15) is 9.97 Å². The minimum absolute atomic E-state index is 0.0451. The lowest BCUT2D eigenvalue weighted by molar-refractivity contribution is -0.145. The van der Waals surface area contributed by atoms with Crippen LogP contribution in [0.1, 0.15) is 73.5 Å². The van der Waals surface area contributed by atoms with Crippen molar-refractivity contribution in [3.05, 3.63) is 11.6 Å². The van der Waals surface area contributed by atoms with Gasteiger partial charge in [0.15, 0.2) is 42.6 Å². The zero-order valence-electron chi connectivity index (χ0n) is 48.5. The van der Waals surface area contributed by atoms with Crippen LogP contribution < -0.4 is 5.73 Å². The number of anilines is 1. The first-order chi connectivity index (χ1) is 38.4. The topological polar surface area (TPSA) is 340 Å². The summed E-state index contributed by atoms with van der Waals surface area (Å²) in [5.74, 6) is 0.214. The minimum Gasteiger partial charge on any atom is -0.394 e. The van der Waals surface area contributed by atoms with Crippen molar-refractivity contribution in [1.29, 1.82) is 0 Å². The van der Waals surface area contributed by atoms with Crippen molar-refractivity contribution in [3.63, 3.8) is 0 Å². The van der Waals surface area contributed by atoms with Gasteiger partial charge in [0.1, 0.15) is 66.7 Å². The first-order valence-electron chi connectivity index (χ1n) is 26.7. The Hall–Kier alpha value is -2.41. The summed E-state index contributed by atoms with van der Waals surface area (Å²) in [4.78, 5) is 12.1. The molecule has 81 heavy (non-hydrogen) atoms. The minimum atomic E-state index is -1.33. The second-order valence-electron chi connectivity index (χ2n) is 20.2. The summed E-state index contributed by atoms with van der Waals surface area (Å²) in [6.45, 7) is 11.6. The van der Waals surface area contributed by atoms with Gasteiger partial charge >= 0.3 is 0 Å². The summed E-state index contributed by atoms with van der Waals surface area (Å²) >= 11 is 5.81. The summed E-state index contributed by atoms with van der Waals surface area (Å²) in [6.07, 6.45) is -7.81. The normalized spacial score (nSPS) is 39.5. The Morgan fingerprint density at radius 2 is 1.05 bits per heavy atom. The van der Waals surface area contributed by atoms with Crippen molar-refractivity contribution in [2.45, 2.75) is 214 Å². The van der Waals surface area contributed by atoms with E-state index in [1.165, 1.54) is 28.4 Å². The molecule has 0 aliphatic carbocycles. The van der Waals surface area contributed by atoms with E-state index in [0.717, 1.165) is 12.8 Å². The molecule has 7 saturated heterocycles. The zero-order chi connectivity index (χ0) is 60.8. The van der Waals surface area contributed by atoms with Gasteiger partial charge in [-0.3, -0.25) is 4.57 Å². The van der Waals surface area contributed by atoms with Crippen molar-refractivity contribution in [2.75, 3.05) is 88.5 Å². The molecule has 9 N–H and O–H groups in total. The molecule has 0 amide bonds. The number of alkyl halides is 3. The van der Waals surface area contributed by atoms with Crippen LogP contribution in [0.3, 0.4) is 0 Å². The molecule has 0 spiro atoms. The van der Waals surface area contributed by atoms with E-state index >= 15 is 0 Å². The molecule has 24 atom stereocenters. The summed E-state index contributed by atoms with van der Waals surface area (Å²) < 4.78 is 111. The third-order valence-corrected chi connectivity index (χ3v) is 14.0. The summed E-state index contributed by atoms with van der Waals surface area (Å²) in [5, 5.41) is 64.1. The molecule has 0 aromatic carbocycles. The number of methoxy groups -OCH3 is 7. The van der Waals surface area contributed by atoms with E-state index < -0.39 is 92.1 Å². The number of nitrogens with zero attached hydrogens (tertiary/aromatic N) is 4. The molecule has 30 heteroatoms. The lowest BCUT2D eigenvalue weighted by Crippen LogP contribution is -2.32. The van der Waals surface area contributed by atoms with Crippen molar-refractivity contribution in [2.24, 2.45) is 0 Å². The molecule has 7 aliphatic rings. The maximum Gasteiger partial charge on any atom is 0.226 e. The summed E-state index contributed by atoms with van der Waals surface area (Å²) in [6, 6.07) is 0. The average Bonchev–Trinajstić information content (AvgIpc) is 4.46. The maximum absolute atomic E-state index is 13.1. The molecular formula is C51H91ClF3N5O21. The summed E-state index contributed by atoms with van der Waals surface area (Å²) in [5.41, 5.74) is 6.69. The van der Waals surface area contributed by atoms with E-state index in [-0.39, 0.29) is 86.0 Å². The third-order valence-electron chi connectivity index (χ3n) is 13.8. The van der Waals surface area contributed by atoms with Gasteiger partial charge in [-0.25, -0.2) is 18.2 Å². The van der Waals surface area contributed by atoms with E-state index in [1.807, 2.05) is 20.8 Å². The third kappa shape index (κ3) is 21.5. The Bertz CT molecular complexity index is 2010. The van der Waals surface area contributed by atoms with Crippen molar-refractivity contribution >= 4 is 28.6 Å². The van der Waals surface area contributed by atoms with Crippen molar-refractivity contribution in [3.8, 4) is 0 Å². The van der Waals surface area contributed by atoms with Crippen molar-refractivity contribution in [1.82, 2.24) is 19.5 Å². The first-order valence-corrected chi connectivity index (χ1v) is 27.1. The van der Waals surface area contributed by atoms with E-state index in [9.17, 15) is 28.5 Å². The highest BCUT2D eigenvalue weighted by Gasteiger charge is 2.44. The number of ether oxygens (including phenoxy) is 14. The van der Waals surface area contributed by atoms with Gasteiger partial charge in [0, 0.05) is 75.5 Å². The number of imidazole rings is 1. The number of hydrogen-bond donors (Lipinski definition) is 8. The fourth-order valence-electron chi connectivity index (χ4n) is 9.48. The Morgan fingerprint density at radius 1 is 0.556 bits per heavy atom. The predicted octanol–water partition coefficient (Wildman–Crippen LogP) is 1.14. The fourth-order valence-corrected chi connectivity index (χ4v) is 9.65. The van der Waals surface area contributed by atoms with E-state index in [2.05, 4.69) is 19.7 Å². The standard InChI is InChI=1S/C11H14ClN5O3.2C7H13FO3.2C7H14O3.C6H11FO3.C6H12O3/c1-19-3-6-5(18)2-7(20-6)17-4-14-8-9(13)15-11(12)16-10(8)17;1-4-6(8)7(9)5(11-4)3-10-2;1-4-6(8)7(10-2)5(3-9)11-4;1-5-3-6(8)7(10-5)4-9-2;1-5-3-6(9-2)7(4-8)10-5;1-3-4(7)5(8)6(9-2)10-3;1-4-3-5(7)6(8-2)9-4/h4-7,18H,2-3H2,1H3,(H2,13,15,16);2*4-7,9H,3H2,1-2H3;2*5-8H,3-4H2,1-2H3;3-6,8H,1-2H3;4-7H,3H2,1-2H3/t5-,6+,7+;2*4-,5+,6+,7+;2*5-,6-,7+;3-,4+,5-,6-;4-,5-,6-/m0111111/s1. The van der Waals surface area contributed by atoms with Gasteiger partial charge in [-0.15, -0.1) is 0 Å². The van der Waals surface area contributed by atoms with Gasteiger partial charge in [-0.1, -0.05) is 0 Å². The smallest absolute Gasteiger partial charge is 0.226 e. The van der Waals surface area contributed by atoms with Crippen LogP contribution in [0.4, 0.5) is 19.0 Å². The molecular weight excluding hydrogens is 1110 g/mol. The quantitative estimate of drug-likeness (QED) is 0.130. The Labute approximate surface area is 476 Å². The number of rotatable bonds is 13. The van der Waals surface area contributed by atoms with E-state index in [0.29, 0.717) is 37.2 Å². The fraction of sp³-hybridized carbons (Fsp3) is 0.902. The van der Waals surface area contributed by atoms with Crippen LogP contribution in [-0.4, -0.2) is 279 Å². The lowest BCUT2D eigenvalue weighted by atomic mass is 10.1. The average molecular weight is 1200 g/mol. The first kappa shape index (κ1) is 72.8. The molecule has 0 bridgehead atoms. The molecule has 474 valence electrons. The number of hydrogen-bond acceptors (Lipinski definition) is 25. The van der Waals surface area contributed by atoms with Crippen LogP contribution >= 0.6 is 11.6 Å². The molecule has 0 radical (unpaired) electrons. The number of halogens is 4. The van der Waals surface area contributed by atoms with Gasteiger partial charge in [0.25, 0.3) is 0 Å². The Balaban J connectivity index is 0.000000254. The SMILES string of the molecule is COC[C@@H]1O[C@H](C)C[C@H]1O.COC[C@@H]1O[C@H](C)[C@H](F)[C@H]1O.COC[C@H]1O[C@@H](n2cnc3c(N)nc(Cl)nc32)C[C@@H]1O.CO[C@@H]1C[C@@H](C)O[C@H]1CO.CO[C@@H]1O[C@H](C)C[C@H]1O.CO[C@@H]1O[C@H](C)[C@H](F)[C@H]1O.CO[C@@H]1[C@@H](F)[C@@H](C)O[C@H]1CO. The molecule has 9 rings (SSSR count). The van der Waals surface area contributed by atoms with Crippen LogP contribution in [0.5, 0.6) is 0 Å². The monoisotopic (exact) mass is 1200 g/mol. The van der Waals surface area contributed by atoms with Gasteiger partial charge in [-0.05, 0) is 53.1 Å². The Kier molecular flexibility index (Phi) is 32.9. The zero-order valence-corrected chi connectivity index (χ0v) is 49.3. The second-order valence-corrected chi connectivity index (χ2v) is 20.6. The number of aliphatic hydroxyl groups is 7. The molecule has 2 aromatic rings. The van der Waals surface area contributed by atoms with Crippen LogP contribution in [-0.2, 0) is 66.3 Å². The van der Waals surface area contributed by atoms with Gasteiger partial charge < -0.3 is 108 Å². The van der Waals surface area contributed by atoms with E-state index in [1.54, 1.807) is 53.0 Å². The van der Waals surface area contributed by atoms with Crippen LogP contribution in [0, 0.1) is 0 Å².